The molecule has 0 spiro atoms. The number of nitrogens with two attached hydrogens (primary N) is 1. The molecule has 0 aliphatic heterocycles. The van der Waals surface area contributed by atoms with E-state index < -0.39 is 6.04 Å². The normalized spacial score (nSPS) is 11.8. The molecule has 0 bridgehead atoms. The van der Waals surface area contributed by atoms with Gasteiger partial charge in [-0.1, -0.05) is 26.0 Å². The number of rotatable bonds is 6. The number of hydrogen-bond acceptors (Lipinski definition) is 3. The molecular weight excluding hydrogens is 280 g/mol. The predicted octanol–water partition coefficient (Wildman–Crippen LogP) is 2.82. The predicted molar refractivity (Wildman–Crippen MR) is 84.7 cm³/mol. The van der Waals surface area contributed by atoms with Gasteiger partial charge >= 0.3 is 0 Å². The van der Waals surface area contributed by atoms with E-state index in [0.29, 0.717) is 12.5 Å². The lowest BCUT2D eigenvalue weighted by Gasteiger charge is -2.14. The molecule has 1 atom stereocenters. The van der Waals surface area contributed by atoms with Crippen molar-refractivity contribution in [3.8, 4) is 0 Å². The molecule has 0 fully saturated rings. The Bertz CT molecular complexity index is 382. The molecule has 0 saturated carbocycles. The molecule has 3 N–H and O–H groups in total. The number of thioether (sulfide) groups is 1. The molecule has 1 aromatic carbocycles. The smallest absolute Gasteiger partial charge is 0.237 e. The van der Waals surface area contributed by atoms with Gasteiger partial charge in [-0.05, 0) is 36.3 Å². The van der Waals surface area contributed by atoms with Gasteiger partial charge in [0.05, 0.1) is 6.04 Å². The highest BCUT2D eigenvalue weighted by molar-refractivity contribution is 7.98. The van der Waals surface area contributed by atoms with E-state index in [2.05, 4.69) is 31.3 Å². The summed E-state index contributed by atoms with van der Waals surface area (Å²) in [5.74, 6) is 0.365. The number of benzene rings is 1. The van der Waals surface area contributed by atoms with Crippen molar-refractivity contribution in [2.75, 3.05) is 6.26 Å². The van der Waals surface area contributed by atoms with E-state index in [4.69, 9.17) is 5.73 Å². The number of hydrogen-bond donors (Lipinski definition) is 2. The minimum absolute atomic E-state index is 0. The fourth-order valence-electron chi connectivity index (χ4n) is 1.68. The molecule has 0 aliphatic carbocycles. The molecule has 3 nitrogen and oxygen atoms in total. The maximum atomic E-state index is 11.7. The van der Waals surface area contributed by atoms with Crippen LogP contribution in [0.15, 0.2) is 29.2 Å². The summed E-state index contributed by atoms with van der Waals surface area (Å²) in [6, 6.07) is 7.76. The number of carbonyl (C=O) groups is 1. The fourth-order valence-corrected chi connectivity index (χ4v) is 2.09. The summed E-state index contributed by atoms with van der Waals surface area (Å²) >= 11 is 1.71. The van der Waals surface area contributed by atoms with Crippen molar-refractivity contribution in [3.05, 3.63) is 29.8 Å². The monoisotopic (exact) mass is 302 g/mol. The van der Waals surface area contributed by atoms with Crippen molar-refractivity contribution in [1.29, 1.82) is 0 Å². The van der Waals surface area contributed by atoms with E-state index in [-0.39, 0.29) is 18.3 Å². The van der Waals surface area contributed by atoms with Crippen LogP contribution < -0.4 is 11.1 Å². The van der Waals surface area contributed by atoms with E-state index in [0.717, 1.165) is 12.0 Å². The van der Waals surface area contributed by atoms with E-state index >= 15 is 0 Å². The maximum Gasteiger partial charge on any atom is 0.237 e. The van der Waals surface area contributed by atoms with E-state index in [1.807, 2.05) is 18.4 Å². The third kappa shape index (κ3) is 6.85. The van der Waals surface area contributed by atoms with Gasteiger partial charge in [0.15, 0.2) is 0 Å². The summed E-state index contributed by atoms with van der Waals surface area (Å²) in [6.45, 7) is 4.67. The van der Waals surface area contributed by atoms with E-state index in [1.54, 1.807) is 11.8 Å². The molecular formula is C14H23ClN2OS. The summed E-state index contributed by atoms with van der Waals surface area (Å²) in [5, 5.41) is 2.87. The Morgan fingerprint density at radius 2 is 1.89 bits per heavy atom. The van der Waals surface area contributed by atoms with Gasteiger partial charge in [-0.2, -0.15) is 0 Å². The molecule has 0 radical (unpaired) electrons. The Balaban J connectivity index is 0.00000324. The second-order valence-electron chi connectivity index (χ2n) is 4.80. The molecule has 0 aliphatic rings. The number of amides is 1. The Labute approximate surface area is 126 Å². The van der Waals surface area contributed by atoms with Crippen molar-refractivity contribution in [3.63, 3.8) is 0 Å². The Morgan fingerprint density at radius 1 is 1.32 bits per heavy atom. The molecule has 1 rings (SSSR count). The number of halogens is 1. The molecule has 1 amide bonds. The lowest BCUT2D eigenvalue weighted by molar-refractivity contribution is -0.122. The lowest BCUT2D eigenvalue weighted by Crippen LogP contribution is -2.40. The van der Waals surface area contributed by atoms with Gasteiger partial charge in [-0.3, -0.25) is 4.79 Å². The minimum atomic E-state index is -0.407. The Kier molecular flexibility index (Phi) is 8.89. The van der Waals surface area contributed by atoms with Crippen LogP contribution in [0.5, 0.6) is 0 Å². The second kappa shape index (κ2) is 9.23. The van der Waals surface area contributed by atoms with Gasteiger partial charge in [0, 0.05) is 11.4 Å². The summed E-state index contributed by atoms with van der Waals surface area (Å²) in [4.78, 5) is 13.0. The van der Waals surface area contributed by atoms with Crippen molar-refractivity contribution >= 4 is 30.1 Å². The fraction of sp³-hybridized carbons (Fsp3) is 0.500. The molecule has 0 heterocycles. The van der Waals surface area contributed by atoms with Gasteiger partial charge < -0.3 is 11.1 Å². The molecule has 0 unspecified atom stereocenters. The van der Waals surface area contributed by atoms with Gasteiger partial charge in [-0.25, -0.2) is 0 Å². The first-order valence-electron chi connectivity index (χ1n) is 6.19. The van der Waals surface area contributed by atoms with Crippen molar-refractivity contribution in [2.45, 2.75) is 37.8 Å². The first kappa shape index (κ1) is 18.3. The van der Waals surface area contributed by atoms with E-state index in [1.165, 1.54) is 4.90 Å². The average Bonchev–Trinajstić information content (AvgIpc) is 2.35. The highest BCUT2D eigenvalue weighted by Gasteiger charge is 2.14. The standard InChI is InChI=1S/C14H22N2OS.ClH/c1-10(2)8-13(15)14(17)16-9-11-4-6-12(18-3)7-5-11;/h4-7,10,13H,8-9,15H2,1-3H3,(H,16,17);1H/t13-;/m0./s1. The zero-order valence-corrected chi connectivity index (χ0v) is 13.3. The summed E-state index contributed by atoms with van der Waals surface area (Å²) in [5.41, 5.74) is 6.91. The largest absolute Gasteiger partial charge is 0.351 e. The molecule has 0 aromatic heterocycles. The number of carbonyl (C=O) groups excluding carboxylic acids is 1. The Morgan fingerprint density at radius 3 is 2.37 bits per heavy atom. The third-order valence-corrected chi connectivity index (χ3v) is 3.43. The SMILES string of the molecule is CSc1ccc(CNC(=O)[C@@H](N)CC(C)C)cc1.Cl. The highest BCUT2D eigenvalue weighted by atomic mass is 35.5. The average molecular weight is 303 g/mol. The topological polar surface area (TPSA) is 55.1 Å². The summed E-state index contributed by atoms with van der Waals surface area (Å²) < 4.78 is 0. The van der Waals surface area contributed by atoms with E-state index in [9.17, 15) is 4.79 Å². The zero-order valence-electron chi connectivity index (χ0n) is 11.7. The van der Waals surface area contributed by atoms with Gasteiger partial charge in [0.2, 0.25) is 5.91 Å². The zero-order chi connectivity index (χ0) is 13.5. The van der Waals surface area contributed by atoms with Crippen LogP contribution in [0.4, 0.5) is 0 Å². The van der Waals surface area contributed by atoms with Crippen molar-refractivity contribution < 1.29 is 4.79 Å². The highest BCUT2D eigenvalue weighted by Crippen LogP contribution is 2.14. The maximum absolute atomic E-state index is 11.7. The van der Waals surface area contributed by atoms with Crippen LogP contribution in [0.25, 0.3) is 0 Å². The van der Waals surface area contributed by atoms with Gasteiger partial charge in [0.25, 0.3) is 0 Å². The lowest BCUT2D eigenvalue weighted by atomic mass is 10.0. The van der Waals surface area contributed by atoms with Crippen LogP contribution in [-0.2, 0) is 11.3 Å². The van der Waals surface area contributed by atoms with Crippen LogP contribution in [0, 0.1) is 5.92 Å². The quantitative estimate of drug-likeness (QED) is 0.795. The minimum Gasteiger partial charge on any atom is -0.351 e. The molecule has 0 saturated heterocycles. The van der Waals surface area contributed by atoms with Crippen LogP contribution in [0.3, 0.4) is 0 Å². The van der Waals surface area contributed by atoms with Crippen LogP contribution >= 0.6 is 24.2 Å². The molecule has 108 valence electrons. The Hall–Kier alpha value is -0.710. The third-order valence-electron chi connectivity index (χ3n) is 2.69. The summed E-state index contributed by atoms with van der Waals surface area (Å²) in [6.07, 6.45) is 2.76. The van der Waals surface area contributed by atoms with Crippen LogP contribution in [-0.4, -0.2) is 18.2 Å². The molecule has 5 heteroatoms. The van der Waals surface area contributed by atoms with Crippen LogP contribution in [0.2, 0.25) is 0 Å². The molecule has 19 heavy (non-hydrogen) atoms. The van der Waals surface area contributed by atoms with Crippen molar-refractivity contribution in [2.24, 2.45) is 11.7 Å². The van der Waals surface area contributed by atoms with Crippen molar-refractivity contribution in [1.82, 2.24) is 5.32 Å². The second-order valence-corrected chi connectivity index (χ2v) is 5.68. The van der Waals surface area contributed by atoms with Gasteiger partial charge in [0.1, 0.15) is 0 Å². The summed E-state index contributed by atoms with van der Waals surface area (Å²) in [7, 11) is 0. The molecule has 1 aromatic rings. The van der Waals surface area contributed by atoms with Crippen LogP contribution in [0.1, 0.15) is 25.8 Å². The first-order valence-corrected chi connectivity index (χ1v) is 7.41. The number of nitrogens with one attached hydrogen (secondary N) is 1. The first-order chi connectivity index (χ1) is 8.52. The van der Waals surface area contributed by atoms with Gasteiger partial charge in [-0.15, -0.1) is 24.2 Å².